The number of benzene rings is 2. The van der Waals surface area contributed by atoms with Gasteiger partial charge in [-0.15, -0.1) is 11.3 Å². The van der Waals surface area contributed by atoms with E-state index in [1.807, 2.05) is 41.3 Å². The second-order valence-corrected chi connectivity index (χ2v) is 7.27. The van der Waals surface area contributed by atoms with Crippen LogP contribution in [0, 0.1) is 0 Å². The zero-order valence-electron chi connectivity index (χ0n) is 14.4. The van der Waals surface area contributed by atoms with E-state index in [4.69, 9.17) is 9.72 Å². The number of carbonyl (C=O) groups excluding carboxylic acids is 1. The summed E-state index contributed by atoms with van der Waals surface area (Å²) in [6, 6.07) is 20.4. The maximum Gasteiger partial charge on any atom is 0.229 e. The molecular formula is C21H20N2O2S. The Hall–Kier alpha value is -2.50. The molecule has 1 aliphatic rings. The van der Waals surface area contributed by atoms with Crippen LogP contribution in [0.15, 0.2) is 60.7 Å². The van der Waals surface area contributed by atoms with Crippen LogP contribution in [-0.4, -0.2) is 42.1 Å². The van der Waals surface area contributed by atoms with Crippen LogP contribution in [0.25, 0.3) is 21.7 Å². The average Bonchev–Trinajstić information content (AvgIpc) is 3.14. The number of nitrogens with zero attached hydrogens (tertiary/aromatic N) is 2. The SMILES string of the molecule is O=C(Cc1nc(-c2ccccc2)c(-c2ccccc2)s1)N1CCOCC1. The van der Waals surface area contributed by atoms with Crippen molar-refractivity contribution in [1.82, 2.24) is 9.88 Å². The fourth-order valence-corrected chi connectivity index (χ4v) is 4.15. The molecule has 1 aromatic heterocycles. The van der Waals surface area contributed by atoms with E-state index in [1.165, 1.54) is 0 Å². The van der Waals surface area contributed by atoms with Gasteiger partial charge in [0.15, 0.2) is 0 Å². The van der Waals surface area contributed by atoms with Gasteiger partial charge in [-0.25, -0.2) is 4.98 Å². The molecule has 3 aromatic rings. The number of carbonyl (C=O) groups is 1. The van der Waals surface area contributed by atoms with Crippen LogP contribution >= 0.6 is 11.3 Å². The number of hydrogen-bond acceptors (Lipinski definition) is 4. The van der Waals surface area contributed by atoms with Crippen molar-refractivity contribution in [3.63, 3.8) is 0 Å². The zero-order chi connectivity index (χ0) is 17.8. The van der Waals surface area contributed by atoms with Crippen molar-refractivity contribution in [3.05, 3.63) is 65.7 Å². The molecule has 0 aliphatic carbocycles. The Morgan fingerprint density at radius 2 is 1.58 bits per heavy atom. The van der Waals surface area contributed by atoms with Crippen LogP contribution in [0.4, 0.5) is 0 Å². The van der Waals surface area contributed by atoms with Crippen LogP contribution in [0.1, 0.15) is 5.01 Å². The highest BCUT2D eigenvalue weighted by Gasteiger charge is 2.21. The fraction of sp³-hybridized carbons (Fsp3) is 0.238. The predicted octanol–water partition coefficient (Wildman–Crippen LogP) is 3.88. The van der Waals surface area contributed by atoms with Crippen LogP contribution < -0.4 is 0 Å². The molecule has 5 heteroatoms. The lowest BCUT2D eigenvalue weighted by atomic mass is 10.1. The summed E-state index contributed by atoms with van der Waals surface area (Å²) < 4.78 is 5.33. The van der Waals surface area contributed by atoms with Crippen LogP contribution in [0.5, 0.6) is 0 Å². The van der Waals surface area contributed by atoms with E-state index in [9.17, 15) is 4.79 Å². The second kappa shape index (κ2) is 7.81. The minimum Gasteiger partial charge on any atom is -0.378 e. The highest BCUT2D eigenvalue weighted by atomic mass is 32.1. The largest absolute Gasteiger partial charge is 0.378 e. The number of thiazole rings is 1. The second-order valence-electron chi connectivity index (χ2n) is 6.19. The number of rotatable bonds is 4. The summed E-state index contributed by atoms with van der Waals surface area (Å²) in [5, 5.41) is 0.860. The number of aromatic nitrogens is 1. The number of morpholine rings is 1. The molecule has 2 heterocycles. The maximum absolute atomic E-state index is 12.6. The van der Waals surface area contributed by atoms with Gasteiger partial charge in [0.1, 0.15) is 5.01 Å². The first-order valence-corrected chi connectivity index (χ1v) is 9.59. The fourth-order valence-electron chi connectivity index (χ4n) is 3.07. The molecule has 132 valence electrons. The first kappa shape index (κ1) is 16.9. The number of hydrogen-bond donors (Lipinski definition) is 0. The normalized spacial score (nSPS) is 14.4. The highest BCUT2D eigenvalue weighted by Crippen LogP contribution is 2.37. The molecule has 4 rings (SSSR count). The Kier molecular flexibility index (Phi) is 5.09. The molecule has 26 heavy (non-hydrogen) atoms. The molecule has 1 aliphatic heterocycles. The third-order valence-electron chi connectivity index (χ3n) is 4.42. The Balaban J connectivity index is 1.66. The van der Waals surface area contributed by atoms with E-state index in [-0.39, 0.29) is 5.91 Å². The van der Waals surface area contributed by atoms with Gasteiger partial charge in [0, 0.05) is 18.7 Å². The lowest BCUT2D eigenvalue weighted by Crippen LogP contribution is -2.41. The van der Waals surface area contributed by atoms with E-state index in [1.54, 1.807) is 11.3 Å². The Bertz CT molecular complexity index is 815. The standard InChI is InChI=1S/C21H20N2O2S/c24-19(23-11-13-25-14-12-23)15-18-22-20(16-7-3-1-4-8-16)21(26-18)17-9-5-2-6-10-17/h1-10H,11-15H2. The van der Waals surface area contributed by atoms with E-state index in [0.717, 1.165) is 26.7 Å². The van der Waals surface area contributed by atoms with Crippen molar-refractivity contribution in [3.8, 4) is 21.7 Å². The van der Waals surface area contributed by atoms with Crippen molar-refractivity contribution >= 4 is 17.2 Å². The lowest BCUT2D eigenvalue weighted by Gasteiger charge is -2.26. The van der Waals surface area contributed by atoms with Crippen molar-refractivity contribution in [2.75, 3.05) is 26.3 Å². The van der Waals surface area contributed by atoms with Gasteiger partial charge < -0.3 is 9.64 Å². The molecule has 0 radical (unpaired) electrons. The van der Waals surface area contributed by atoms with Crippen molar-refractivity contribution in [2.24, 2.45) is 0 Å². The van der Waals surface area contributed by atoms with Crippen molar-refractivity contribution < 1.29 is 9.53 Å². The van der Waals surface area contributed by atoms with Gasteiger partial charge in [-0.2, -0.15) is 0 Å². The number of amides is 1. The topological polar surface area (TPSA) is 42.4 Å². The number of ether oxygens (including phenoxy) is 1. The molecule has 1 fully saturated rings. The molecule has 0 bridgehead atoms. The van der Waals surface area contributed by atoms with Gasteiger partial charge in [-0.3, -0.25) is 4.79 Å². The predicted molar refractivity (Wildman–Crippen MR) is 104 cm³/mol. The highest BCUT2D eigenvalue weighted by molar-refractivity contribution is 7.15. The van der Waals surface area contributed by atoms with Crippen molar-refractivity contribution in [1.29, 1.82) is 0 Å². The summed E-state index contributed by atoms with van der Waals surface area (Å²) in [5.41, 5.74) is 3.16. The van der Waals surface area contributed by atoms with Gasteiger partial charge in [-0.05, 0) is 5.56 Å². The van der Waals surface area contributed by atoms with E-state index < -0.39 is 0 Å². The minimum atomic E-state index is 0.126. The van der Waals surface area contributed by atoms with Crippen LogP contribution in [-0.2, 0) is 16.0 Å². The molecule has 0 N–H and O–H groups in total. The summed E-state index contributed by atoms with van der Waals surface area (Å²) in [5.74, 6) is 0.126. The monoisotopic (exact) mass is 364 g/mol. The average molecular weight is 364 g/mol. The molecule has 0 atom stereocenters. The molecular weight excluding hydrogens is 344 g/mol. The van der Waals surface area contributed by atoms with Crippen molar-refractivity contribution in [2.45, 2.75) is 6.42 Å². The molecule has 4 nitrogen and oxygen atoms in total. The molecule has 0 spiro atoms. The lowest BCUT2D eigenvalue weighted by molar-refractivity contribution is -0.134. The van der Waals surface area contributed by atoms with E-state index in [0.29, 0.717) is 32.7 Å². The van der Waals surface area contributed by atoms with Gasteiger partial charge in [0.05, 0.1) is 30.2 Å². The first-order valence-electron chi connectivity index (χ1n) is 8.77. The van der Waals surface area contributed by atoms with Gasteiger partial charge >= 0.3 is 0 Å². The third kappa shape index (κ3) is 3.69. The summed E-state index contributed by atoms with van der Waals surface area (Å²) in [6.45, 7) is 2.57. The Morgan fingerprint density at radius 3 is 2.23 bits per heavy atom. The summed E-state index contributed by atoms with van der Waals surface area (Å²) in [4.78, 5) is 20.4. The smallest absolute Gasteiger partial charge is 0.229 e. The zero-order valence-corrected chi connectivity index (χ0v) is 15.2. The molecule has 2 aromatic carbocycles. The summed E-state index contributed by atoms with van der Waals surface area (Å²) in [6.07, 6.45) is 0.345. The first-order chi connectivity index (χ1) is 12.8. The molecule has 0 unspecified atom stereocenters. The Labute approximate surface area is 157 Å². The van der Waals surface area contributed by atoms with Crippen LogP contribution in [0.2, 0.25) is 0 Å². The maximum atomic E-state index is 12.6. The van der Waals surface area contributed by atoms with Gasteiger partial charge in [0.25, 0.3) is 0 Å². The third-order valence-corrected chi connectivity index (χ3v) is 5.53. The Morgan fingerprint density at radius 1 is 0.962 bits per heavy atom. The van der Waals surface area contributed by atoms with E-state index in [2.05, 4.69) is 24.3 Å². The van der Waals surface area contributed by atoms with E-state index >= 15 is 0 Å². The molecule has 0 saturated carbocycles. The van der Waals surface area contributed by atoms with Gasteiger partial charge in [0.2, 0.25) is 5.91 Å². The minimum absolute atomic E-state index is 0.126. The van der Waals surface area contributed by atoms with Gasteiger partial charge in [-0.1, -0.05) is 60.7 Å². The quantitative estimate of drug-likeness (QED) is 0.706. The molecule has 1 saturated heterocycles. The summed E-state index contributed by atoms with van der Waals surface area (Å²) >= 11 is 1.61. The summed E-state index contributed by atoms with van der Waals surface area (Å²) in [7, 11) is 0. The molecule has 1 amide bonds. The van der Waals surface area contributed by atoms with Crippen LogP contribution in [0.3, 0.4) is 0 Å².